The Bertz CT molecular complexity index is 1170. The fourth-order valence-electron chi connectivity index (χ4n) is 3.19. The summed E-state index contributed by atoms with van der Waals surface area (Å²) in [6.45, 7) is 1.91. The molecular formula is C23H20FN3O3S. The third-order valence-corrected chi connectivity index (χ3v) is 5.12. The molecule has 0 saturated carbocycles. The predicted octanol–water partition coefficient (Wildman–Crippen LogP) is 4.28. The van der Waals surface area contributed by atoms with Crippen molar-refractivity contribution in [1.82, 2.24) is 5.32 Å². The van der Waals surface area contributed by atoms with Gasteiger partial charge in [0.1, 0.15) is 16.6 Å². The zero-order valence-corrected chi connectivity index (χ0v) is 17.4. The van der Waals surface area contributed by atoms with E-state index in [0.717, 1.165) is 11.1 Å². The van der Waals surface area contributed by atoms with E-state index in [4.69, 9.17) is 18.0 Å². The van der Waals surface area contributed by atoms with Gasteiger partial charge in [-0.05, 0) is 41.5 Å². The van der Waals surface area contributed by atoms with Crippen LogP contribution >= 0.6 is 12.2 Å². The highest BCUT2D eigenvalue weighted by molar-refractivity contribution is 7.80. The normalized spacial score (nSPS) is 11.4. The highest BCUT2D eigenvalue weighted by Crippen LogP contribution is 2.33. The van der Waals surface area contributed by atoms with Crippen LogP contribution in [0.1, 0.15) is 39.9 Å². The number of hydrogen-bond acceptors (Lipinski definition) is 4. The quantitative estimate of drug-likeness (QED) is 0.447. The van der Waals surface area contributed by atoms with Crippen molar-refractivity contribution in [3.05, 3.63) is 94.8 Å². The van der Waals surface area contributed by atoms with Crippen LogP contribution in [0.25, 0.3) is 0 Å². The molecule has 0 fully saturated rings. The van der Waals surface area contributed by atoms with Gasteiger partial charge >= 0.3 is 6.03 Å². The van der Waals surface area contributed by atoms with E-state index in [1.54, 1.807) is 30.3 Å². The van der Waals surface area contributed by atoms with Gasteiger partial charge in [-0.2, -0.15) is 0 Å². The van der Waals surface area contributed by atoms with Crippen LogP contribution in [0.3, 0.4) is 0 Å². The second kappa shape index (κ2) is 9.36. The second-order valence-corrected chi connectivity index (χ2v) is 7.25. The molecule has 0 radical (unpaired) electrons. The molecule has 1 atom stereocenters. The number of phenols is 1. The summed E-state index contributed by atoms with van der Waals surface area (Å²) in [5.74, 6) is -1.50. The Kier molecular flexibility index (Phi) is 6.61. The highest BCUT2D eigenvalue weighted by Gasteiger charge is 2.18. The van der Waals surface area contributed by atoms with Gasteiger partial charge in [-0.25, -0.2) is 9.18 Å². The lowest BCUT2D eigenvalue weighted by Crippen LogP contribution is -2.34. The molecule has 6 nitrogen and oxygen atoms in total. The number of thiocarbonyl (C=S) groups is 1. The fourth-order valence-corrected chi connectivity index (χ4v) is 3.47. The van der Waals surface area contributed by atoms with E-state index in [0.29, 0.717) is 5.69 Å². The molecule has 3 amide bonds. The Hall–Kier alpha value is -3.78. The van der Waals surface area contributed by atoms with Crippen LogP contribution in [0.5, 0.6) is 5.75 Å². The summed E-state index contributed by atoms with van der Waals surface area (Å²) in [4.78, 5) is 23.6. The van der Waals surface area contributed by atoms with Gasteiger partial charge in [-0.15, -0.1) is 0 Å². The number of primary amides is 1. The zero-order valence-electron chi connectivity index (χ0n) is 16.6. The van der Waals surface area contributed by atoms with Gasteiger partial charge in [0.25, 0.3) is 5.91 Å². The number of nitrogens with two attached hydrogens (primary N) is 1. The van der Waals surface area contributed by atoms with E-state index in [9.17, 15) is 19.1 Å². The Morgan fingerprint density at radius 3 is 2.39 bits per heavy atom. The monoisotopic (exact) mass is 437 g/mol. The molecule has 158 valence electrons. The van der Waals surface area contributed by atoms with Gasteiger partial charge in [0.05, 0.1) is 11.1 Å². The molecule has 1 unspecified atom stereocenters. The molecule has 0 heterocycles. The summed E-state index contributed by atoms with van der Waals surface area (Å²) >= 11 is 5.06. The van der Waals surface area contributed by atoms with Crippen molar-refractivity contribution in [2.75, 3.05) is 5.32 Å². The summed E-state index contributed by atoms with van der Waals surface area (Å²) in [5.41, 5.74) is 7.33. The standard InChI is InChI=1S/C23H20FN3O3S/c1-13(14-10-11-17(20(28)12-14)22(31)27-23(25)30)15-6-3-5-9-19(15)26-21(29)16-7-2-4-8-18(16)24/h2-13,28H,1H3,(H,26,29)(H3,25,27,30,31). The molecule has 0 aromatic heterocycles. The number of benzene rings is 3. The van der Waals surface area contributed by atoms with Gasteiger partial charge in [0, 0.05) is 11.6 Å². The van der Waals surface area contributed by atoms with E-state index in [2.05, 4.69) is 10.6 Å². The SMILES string of the molecule is CC(c1ccc(C(=S)NC(N)=O)c(O)c1)c1ccccc1NC(=O)c1ccccc1F. The lowest BCUT2D eigenvalue weighted by atomic mass is 9.91. The van der Waals surface area contributed by atoms with Crippen LogP contribution < -0.4 is 16.4 Å². The van der Waals surface area contributed by atoms with E-state index >= 15 is 0 Å². The average molecular weight is 437 g/mol. The summed E-state index contributed by atoms with van der Waals surface area (Å²) in [6, 6.07) is 17.0. The first-order chi connectivity index (χ1) is 14.8. The number of urea groups is 1. The molecule has 0 saturated heterocycles. The van der Waals surface area contributed by atoms with Crippen LogP contribution in [0, 0.1) is 5.82 Å². The van der Waals surface area contributed by atoms with Crippen molar-refractivity contribution in [1.29, 1.82) is 0 Å². The lowest BCUT2D eigenvalue weighted by molar-refractivity contribution is 0.102. The Balaban J connectivity index is 1.88. The number of anilines is 1. The van der Waals surface area contributed by atoms with Crippen molar-refractivity contribution >= 4 is 34.8 Å². The molecule has 0 aliphatic carbocycles. The Morgan fingerprint density at radius 2 is 1.71 bits per heavy atom. The summed E-state index contributed by atoms with van der Waals surface area (Å²) in [6.07, 6.45) is 0. The number of hydrogen-bond donors (Lipinski definition) is 4. The minimum absolute atomic E-state index is 0.0155. The van der Waals surface area contributed by atoms with Crippen LogP contribution in [-0.4, -0.2) is 22.0 Å². The third-order valence-electron chi connectivity index (χ3n) is 4.80. The maximum atomic E-state index is 14.0. The van der Waals surface area contributed by atoms with Crippen molar-refractivity contribution < 1.29 is 19.1 Å². The van der Waals surface area contributed by atoms with Gasteiger partial charge in [0.15, 0.2) is 0 Å². The van der Waals surface area contributed by atoms with Crippen LogP contribution in [0.4, 0.5) is 14.9 Å². The van der Waals surface area contributed by atoms with Gasteiger partial charge in [-0.1, -0.05) is 55.5 Å². The number of carbonyl (C=O) groups is 2. The maximum absolute atomic E-state index is 14.0. The molecular weight excluding hydrogens is 417 g/mol. The molecule has 3 aromatic rings. The number of rotatable bonds is 5. The van der Waals surface area contributed by atoms with Crippen LogP contribution in [0.15, 0.2) is 66.7 Å². The number of carbonyl (C=O) groups excluding carboxylic acids is 2. The van der Waals surface area contributed by atoms with Crippen LogP contribution in [-0.2, 0) is 0 Å². The number of halogens is 1. The van der Waals surface area contributed by atoms with Crippen molar-refractivity contribution in [2.45, 2.75) is 12.8 Å². The number of aromatic hydroxyl groups is 1. The van der Waals surface area contributed by atoms with Crippen molar-refractivity contribution in [2.24, 2.45) is 5.73 Å². The van der Waals surface area contributed by atoms with Crippen molar-refractivity contribution in [3.8, 4) is 5.75 Å². The fraction of sp³-hybridized carbons (Fsp3) is 0.0870. The molecule has 5 N–H and O–H groups in total. The number of para-hydroxylation sites is 1. The first-order valence-corrected chi connectivity index (χ1v) is 9.77. The highest BCUT2D eigenvalue weighted by atomic mass is 32.1. The smallest absolute Gasteiger partial charge is 0.317 e. The zero-order chi connectivity index (χ0) is 22.5. The first-order valence-electron chi connectivity index (χ1n) is 9.36. The molecule has 3 rings (SSSR count). The topological polar surface area (TPSA) is 104 Å². The predicted molar refractivity (Wildman–Crippen MR) is 121 cm³/mol. The number of phenolic OH excluding ortho intramolecular Hbond substituents is 1. The van der Waals surface area contributed by atoms with Crippen molar-refractivity contribution in [3.63, 3.8) is 0 Å². The first kappa shape index (κ1) is 21.9. The minimum Gasteiger partial charge on any atom is -0.507 e. The summed E-state index contributed by atoms with van der Waals surface area (Å²) < 4.78 is 14.0. The van der Waals surface area contributed by atoms with Gasteiger partial charge in [-0.3, -0.25) is 10.1 Å². The molecule has 0 aliphatic rings. The third kappa shape index (κ3) is 5.04. The number of amides is 3. The van der Waals surface area contributed by atoms with E-state index in [1.165, 1.54) is 24.3 Å². The molecule has 3 aromatic carbocycles. The largest absolute Gasteiger partial charge is 0.507 e. The van der Waals surface area contributed by atoms with Gasteiger partial charge in [0.2, 0.25) is 0 Å². The average Bonchev–Trinajstić information content (AvgIpc) is 2.73. The molecule has 31 heavy (non-hydrogen) atoms. The Morgan fingerprint density at radius 1 is 1.03 bits per heavy atom. The minimum atomic E-state index is -0.818. The maximum Gasteiger partial charge on any atom is 0.317 e. The Labute approximate surface area is 183 Å². The summed E-state index contributed by atoms with van der Waals surface area (Å²) in [7, 11) is 0. The second-order valence-electron chi connectivity index (χ2n) is 6.84. The van der Waals surface area contributed by atoms with E-state index in [1.807, 2.05) is 19.1 Å². The van der Waals surface area contributed by atoms with E-state index < -0.39 is 17.8 Å². The van der Waals surface area contributed by atoms with Gasteiger partial charge < -0.3 is 16.2 Å². The lowest BCUT2D eigenvalue weighted by Gasteiger charge is -2.19. The molecule has 0 spiro atoms. The summed E-state index contributed by atoms with van der Waals surface area (Å²) in [5, 5.41) is 15.4. The number of nitrogens with one attached hydrogen (secondary N) is 2. The molecule has 8 heteroatoms. The molecule has 0 bridgehead atoms. The van der Waals surface area contributed by atoms with E-state index in [-0.39, 0.29) is 27.8 Å². The van der Waals surface area contributed by atoms with Crippen LogP contribution in [0.2, 0.25) is 0 Å². The molecule has 0 aliphatic heterocycles.